The fourth-order valence-electron chi connectivity index (χ4n) is 1.14. The molecule has 0 radical (unpaired) electrons. The minimum Gasteiger partial charge on any atom is -0.480 e. The zero-order valence-corrected chi connectivity index (χ0v) is 12.3. The van der Waals surface area contributed by atoms with E-state index in [-0.39, 0.29) is 12.3 Å². The second-order valence-electron chi connectivity index (χ2n) is 3.13. The van der Waals surface area contributed by atoms with Crippen molar-refractivity contribution in [3.63, 3.8) is 0 Å². The zero-order chi connectivity index (χ0) is 12.3. The van der Waals surface area contributed by atoms with Crippen LogP contribution in [0.4, 0.5) is 0 Å². The van der Waals surface area contributed by atoms with Crippen molar-refractivity contribution < 1.29 is 14.7 Å². The highest BCUT2D eigenvalue weighted by molar-refractivity contribution is 9.13. The topological polar surface area (TPSA) is 66.4 Å². The van der Waals surface area contributed by atoms with Crippen LogP contribution in [0.25, 0.3) is 0 Å². The van der Waals surface area contributed by atoms with E-state index in [1.807, 2.05) is 6.07 Å². The molecule has 0 aliphatic rings. The summed E-state index contributed by atoms with van der Waals surface area (Å²) in [7, 11) is 0. The number of hydrogen-bond acceptors (Lipinski definition) is 3. The molecule has 1 aromatic heterocycles. The standard InChI is InChI=1S/C9H9Br2NO3S/c1-4(13)12-7(9(14)15)3-5-2-6(10)8(11)16-5/h2,7H,3H2,1H3,(H,12,13)(H,14,15). The predicted molar refractivity (Wildman–Crippen MR) is 68.7 cm³/mol. The largest absolute Gasteiger partial charge is 0.480 e. The van der Waals surface area contributed by atoms with Crippen LogP contribution in [0.5, 0.6) is 0 Å². The summed E-state index contributed by atoms with van der Waals surface area (Å²) in [5, 5.41) is 11.3. The fourth-order valence-corrected chi connectivity index (χ4v) is 3.36. The third kappa shape index (κ3) is 3.88. The first-order valence-corrected chi connectivity index (χ1v) is 6.74. The molecule has 0 saturated carbocycles. The van der Waals surface area contributed by atoms with E-state index in [1.54, 1.807) is 0 Å². The van der Waals surface area contributed by atoms with Crippen molar-refractivity contribution in [2.75, 3.05) is 0 Å². The Balaban J connectivity index is 2.75. The highest BCUT2D eigenvalue weighted by atomic mass is 79.9. The second kappa shape index (κ2) is 5.79. The summed E-state index contributed by atoms with van der Waals surface area (Å²) in [5.74, 6) is -1.38. The van der Waals surface area contributed by atoms with Gasteiger partial charge in [0.05, 0.1) is 3.79 Å². The molecule has 0 aliphatic heterocycles. The summed E-state index contributed by atoms with van der Waals surface area (Å²) in [4.78, 5) is 22.6. The van der Waals surface area contributed by atoms with Gasteiger partial charge in [-0.3, -0.25) is 4.79 Å². The van der Waals surface area contributed by atoms with E-state index < -0.39 is 12.0 Å². The number of aliphatic carboxylic acids is 1. The van der Waals surface area contributed by atoms with Crippen molar-refractivity contribution >= 4 is 55.1 Å². The van der Waals surface area contributed by atoms with Gasteiger partial charge in [0.15, 0.2) is 0 Å². The Morgan fingerprint density at radius 1 is 1.56 bits per heavy atom. The van der Waals surface area contributed by atoms with Crippen LogP contribution in [0.15, 0.2) is 14.3 Å². The van der Waals surface area contributed by atoms with Crippen LogP contribution in [0.1, 0.15) is 11.8 Å². The lowest BCUT2D eigenvalue weighted by atomic mass is 10.2. The first-order chi connectivity index (χ1) is 7.40. The number of hydrogen-bond donors (Lipinski definition) is 2. The Morgan fingerprint density at radius 3 is 2.56 bits per heavy atom. The molecule has 0 spiro atoms. The fraction of sp³-hybridized carbons (Fsp3) is 0.333. The van der Waals surface area contributed by atoms with Crippen molar-refractivity contribution in [3.05, 3.63) is 19.2 Å². The van der Waals surface area contributed by atoms with Gasteiger partial charge in [-0.15, -0.1) is 11.3 Å². The van der Waals surface area contributed by atoms with E-state index in [9.17, 15) is 9.59 Å². The maximum Gasteiger partial charge on any atom is 0.326 e. The number of carboxylic acids is 1. The van der Waals surface area contributed by atoms with Gasteiger partial charge in [-0.05, 0) is 37.9 Å². The number of amides is 1. The first-order valence-electron chi connectivity index (χ1n) is 4.33. The molecule has 0 fully saturated rings. The first kappa shape index (κ1) is 13.7. The van der Waals surface area contributed by atoms with Crippen molar-refractivity contribution in [3.8, 4) is 0 Å². The Kier molecular flexibility index (Phi) is 4.94. The molecule has 0 aliphatic carbocycles. The lowest BCUT2D eigenvalue weighted by molar-refractivity contribution is -0.141. The summed E-state index contributed by atoms with van der Waals surface area (Å²) in [6, 6.07) is 0.960. The van der Waals surface area contributed by atoms with Gasteiger partial charge < -0.3 is 10.4 Å². The van der Waals surface area contributed by atoms with Crippen LogP contribution in [0, 0.1) is 0 Å². The summed E-state index contributed by atoms with van der Waals surface area (Å²) < 4.78 is 1.80. The van der Waals surface area contributed by atoms with E-state index in [2.05, 4.69) is 37.2 Å². The summed E-state index contributed by atoms with van der Waals surface area (Å²) in [6.45, 7) is 1.30. The van der Waals surface area contributed by atoms with E-state index in [4.69, 9.17) is 5.11 Å². The third-order valence-electron chi connectivity index (χ3n) is 1.78. The maximum absolute atomic E-state index is 10.9. The molecule has 88 valence electrons. The average Bonchev–Trinajstić information content (AvgIpc) is 2.44. The molecule has 4 nitrogen and oxygen atoms in total. The molecule has 1 heterocycles. The van der Waals surface area contributed by atoms with Gasteiger partial charge in [-0.25, -0.2) is 4.79 Å². The van der Waals surface area contributed by atoms with Gasteiger partial charge in [-0.1, -0.05) is 0 Å². The SMILES string of the molecule is CC(=O)NC(Cc1cc(Br)c(Br)s1)C(=O)O. The summed E-state index contributed by atoms with van der Waals surface area (Å²) in [6.07, 6.45) is 0.282. The monoisotopic (exact) mass is 369 g/mol. The smallest absolute Gasteiger partial charge is 0.326 e. The normalized spacial score (nSPS) is 12.2. The molecule has 0 bridgehead atoms. The Morgan fingerprint density at radius 2 is 2.19 bits per heavy atom. The van der Waals surface area contributed by atoms with Crippen LogP contribution in [-0.4, -0.2) is 23.0 Å². The van der Waals surface area contributed by atoms with E-state index >= 15 is 0 Å². The van der Waals surface area contributed by atoms with Crippen molar-refractivity contribution in [2.24, 2.45) is 0 Å². The van der Waals surface area contributed by atoms with Gasteiger partial charge >= 0.3 is 5.97 Å². The molecule has 1 unspecified atom stereocenters. The predicted octanol–water partition coefficient (Wildman–Crippen LogP) is 2.40. The van der Waals surface area contributed by atoms with Crippen molar-refractivity contribution in [2.45, 2.75) is 19.4 Å². The zero-order valence-electron chi connectivity index (χ0n) is 8.29. The average molecular weight is 371 g/mol. The molecule has 1 rings (SSSR count). The lowest BCUT2D eigenvalue weighted by Gasteiger charge is -2.11. The number of nitrogens with one attached hydrogen (secondary N) is 1. The number of rotatable bonds is 4. The molecular weight excluding hydrogens is 362 g/mol. The molecule has 2 N–H and O–H groups in total. The number of carboxylic acid groups (broad SMARTS) is 1. The number of carbonyl (C=O) groups excluding carboxylic acids is 1. The Labute approximate surface area is 113 Å². The quantitative estimate of drug-likeness (QED) is 0.855. The minimum atomic E-state index is -1.03. The van der Waals surface area contributed by atoms with Gasteiger partial charge in [0.1, 0.15) is 6.04 Å². The molecule has 0 aromatic carbocycles. The van der Waals surface area contributed by atoms with Crippen molar-refractivity contribution in [1.29, 1.82) is 0 Å². The van der Waals surface area contributed by atoms with Crippen LogP contribution < -0.4 is 5.32 Å². The molecule has 1 atom stereocenters. The van der Waals surface area contributed by atoms with Crippen LogP contribution >= 0.6 is 43.2 Å². The number of halogens is 2. The van der Waals surface area contributed by atoms with Gasteiger partial charge in [-0.2, -0.15) is 0 Å². The Bertz CT molecular complexity index is 399. The third-order valence-corrected chi connectivity index (χ3v) is 5.06. The molecule has 7 heteroatoms. The molecule has 16 heavy (non-hydrogen) atoms. The second-order valence-corrected chi connectivity index (χ2v) is 6.44. The molecule has 1 amide bonds. The Hall–Kier alpha value is -0.400. The molecule has 1 aromatic rings. The van der Waals surface area contributed by atoms with E-state index in [0.29, 0.717) is 0 Å². The van der Waals surface area contributed by atoms with Gasteiger partial charge in [0.25, 0.3) is 0 Å². The number of thiophene rings is 1. The lowest BCUT2D eigenvalue weighted by Crippen LogP contribution is -2.40. The summed E-state index contributed by atoms with van der Waals surface area (Å²) in [5.41, 5.74) is 0. The molecular formula is C9H9Br2NO3S. The highest BCUT2D eigenvalue weighted by Crippen LogP contribution is 2.32. The minimum absolute atomic E-state index is 0.282. The molecule has 0 saturated heterocycles. The maximum atomic E-state index is 10.9. The van der Waals surface area contributed by atoms with E-state index in [1.165, 1.54) is 18.3 Å². The van der Waals surface area contributed by atoms with Crippen LogP contribution in [0.2, 0.25) is 0 Å². The van der Waals surface area contributed by atoms with Crippen molar-refractivity contribution in [1.82, 2.24) is 5.32 Å². The number of carbonyl (C=O) groups is 2. The summed E-state index contributed by atoms with van der Waals surface area (Å²) >= 11 is 8.10. The van der Waals surface area contributed by atoms with E-state index in [0.717, 1.165) is 13.1 Å². The van der Waals surface area contributed by atoms with Gasteiger partial charge in [0, 0.05) is 22.7 Å². The van der Waals surface area contributed by atoms with Crippen LogP contribution in [0.3, 0.4) is 0 Å². The highest BCUT2D eigenvalue weighted by Gasteiger charge is 2.20. The van der Waals surface area contributed by atoms with Gasteiger partial charge in [0.2, 0.25) is 5.91 Å². The van der Waals surface area contributed by atoms with Crippen LogP contribution in [-0.2, 0) is 16.0 Å².